The molecule has 0 atom stereocenters. The number of amides is 1. The van der Waals surface area contributed by atoms with E-state index in [2.05, 4.69) is 22.3 Å². The number of rotatable bonds is 6. The molecule has 0 spiro atoms. The van der Waals surface area contributed by atoms with Crippen molar-refractivity contribution in [1.82, 2.24) is 0 Å². The van der Waals surface area contributed by atoms with E-state index in [0.29, 0.717) is 5.75 Å². The highest BCUT2D eigenvalue weighted by Gasteiger charge is 2.11. The van der Waals surface area contributed by atoms with E-state index in [9.17, 15) is 4.79 Å². The lowest BCUT2D eigenvalue weighted by molar-refractivity contribution is -0.118. The highest BCUT2D eigenvalue weighted by molar-refractivity contribution is 5.92. The normalized spacial score (nSPS) is 13.7. The average Bonchev–Trinajstić information content (AvgIpc) is 2.80. The Balaban J connectivity index is 1.27. The molecule has 1 aliphatic rings. The van der Waals surface area contributed by atoms with Gasteiger partial charge in [-0.15, -0.1) is 0 Å². The summed E-state index contributed by atoms with van der Waals surface area (Å²) in [5, 5.41) is 2.87. The van der Waals surface area contributed by atoms with Gasteiger partial charge in [0, 0.05) is 24.5 Å². The van der Waals surface area contributed by atoms with E-state index >= 15 is 0 Å². The monoisotopic (exact) mass is 388 g/mol. The first kappa shape index (κ1) is 19.0. The second-order valence-electron chi connectivity index (χ2n) is 6.87. The highest BCUT2D eigenvalue weighted by Crippen LogP contribution is 2.22. The first-order chi connectivity index (χ1) is 14.3. The maximum atomic E-state index is 12.2. The van der Waals surface area contributed by atoms with Gasteiger partial charge in [-0.2, -0.15) is 0 Å². The van der Waals surface area contributed by atoms with Crippen molar-refractivity contribution in [2.24, 2.45) is 0 Å². The van der Waals surface area contributed by atoms with Crippen LogP contribution in [-0.4, -0.2) is 38.8 Å². The summed E-state index contributed by atoms with van der Waals surface area (Å²) < 4.78 is 11.0. The van der Waals surface area contributed by atoms with E-state index in [1.807, 2.05) is 66.7 Å². The van der Waals surface area contributed by atoms with Gasteiger partial charge in [-0.25, -0.2) is 0 Å². The molecule has 3 aromatic rings. The summed E-state index contributed by atoms with van der Waals surface area (Å²) in [4.78, 5) is 14.5. The summed E-state index contributed by atoms with van der Waals surface area (Å²) in [6, 6.07) is 25.8. The Bertz CT molecular complexity index is 919. The van der Waals surface area contributed by atoms with Crippen molar-refractivity contribution in [2.75, 3.05) is 43.1 Å². The van der Waals surface area contributed by atoms with Crippen LogP contribution in [0.3, 0.4) is 0 Å². The lowest BCUT2D eigenvalue weighted by Gasteiger charge is -2.28. The molecule has 1 amide bonds. The Morgan fingerprint density at radius 3 is 2.21 bits per heavy atom. The summed E-state index contributed by atoms with van der Waals surface area (Å²) in [5.74, 6) is 0.485. The van der Waals surface area contributed by atoms with Gasteiger partial charge in [0.1, 0.15) is 5.75 Å². The molecule has 1 heterocycles. The Labute approximate surface area is 170 Å². The Kier molecular flexibility index (Phi) is 6.07. The largest absolute Gasteiger partial charge is 0.484 e. The molecule has 29 heavy (non-hydrogen) atoms. The predicted octanol–water partition coefficient (Wildman–Crippen LogP) is 4.21. The van der Waals surface area contributed by atoms with Crippen LogP contribution in [0.25, 0.3) is 11.1 Å². The SMILES string of the molecule is O=C(COc1ccc(-c2ccccc2)cc1)Nc1ccc(N2CCOCC2)cc1. The smallest absolute Gasteiger partial charge is 0.262 e. The zero-order chi connectivity index (χ0) is 19.9. The lowest BCUT2D eigenvalue weighted by Crippen LogP contribution is -2.36. The van der Waals surface area contributed by atoms with E-state index in [1.54, 1.807) is 0 Å². The third-order valence-electron chi connectivity index (χ3n) is 4.86. The molecule has 3 aromatic carbocycles. The summed E-state index contributed by atoms with van der Waals surface area (Å²) in [5.41, 5.74) is 4.16. The molecule has 0 unspecified atom stereocenters. The van der Waals surface area contributed by atoms with Crippen molar-refractivity contribution in [2.45, 2.75) is 0 Å². The fraction of sp³-hybridized carbons (Fsp3) is 0.208. The van der Waals surface area contributed by atoms with E-state index in [0.717, 1.165) is 48.8 Å². The number of carbonyl (C=O) groups is 1. The molecular formula is C24H24N2O3. The standard InChI is InChI=1S/C24H24N2O3/c27-24(25-21-8-10-22(11-9-21)26-14-16-28-17-15-26)18-29-23-12-6-20(7-13-23)19-4-2-1-3-5-19/h1-13H,14-18H2,(H,25,27). The van der Waals surface area contributed by atoms with Crippen LogP contribution >= 0.6 is 0 Å². The fourth-order valence-electron chi connectivity index (χ4n) is 3.30. The van der Waals surface area contributed by atoms with Gasteiger partial charge in [-0.3, -0.25) is 4.79 Å². The number of hydrogen-bond acceptors (Lipinski definition) is 4. The third-order valence-corrected chi connectivity index (χ3v) is 4.86. The van der Waals surface area contributed by atoms with Crippen molar-refractivity contribution in [1.29, 1.82) is 0 Å². The topological polar surface area (TPSA) is 50.8 Å². The Morgan fingerprint density at radius 1 is 0.862 bits per heavy atom. The number of nitrogens with one attached hydrogen (secondary N) is 1. The maximum Gasteiger partial charge on any atom is 0.262 e. The van der Waals surface area contributed by atoms with Crippen LogP contribution in [0.4, 0.5) is 11.4 Å². The minimum absolute atomic E-state index is 0.0318. The Hall–Kier alpha value is -3.31. The molecule has 1 aliphatic heterocycles. The van der Waals surface area contributed by atoms with Crippen molar-refractivity contribution < 1.29 is 14.3 Å². The number of anilines is 2. The van der Waals surface area contributed by atoms with Crippen LogP contribution in [0.2, 0.25) is 0 Å². The van der Waals surface area contributed by atoms with Crippen molar-refractivity contribution in [3.8, 4) is 16.9 Å². The third kappa shape index (κ3) is 5.15. The minimum atomic E-state index is -0.184. The number of ether oxygens (including phenoxy) is 2. The summed E-state index contributed by atoms with van der Waals surface area (Å²) >= 11 is 0. The number of nitrogens with zero attached hydrogens (tertiary/aromatic N) is 1. The summed E-state index contributed by atoms with van der Waals surface area (Å²) in [6.07, 6.45) is 0. The van der Waals surface area contributed by atoms with E-state index in [1.165, 1.54) is 0 Å². The van der Waals surface area contributed by atoms with E-state index in [-0.39, 0.29) is 12.5 Å². The zero-order valence-electron chi connectivity index (χ0n) is 16.2. The van der Waals surface area contributed by atoms with E-state index in [4.69, 9.17) is 9.47 Å². The minimum Gasteiger partial charge on any atom is -0.484 e. The first-order valence-electron chi connectivity index (χ1n) is 9.79. The molecule has 0 saturated carbocycles. The fourth-order valence-corrected chi connectivity index (χ4v) is 3.30. The average molecular weight is 388 g/mol. The van der Waals surface area contributed by atoms with Gasteiger partial charge in [0.15, 0.2) is 6.61 Å². The molecule has 1 fully saturated rings. The van der Waals surface area contributed by atoms with Crippen molar-refractivity contribution in [3.63, 3.8) is 0 Å². The van der Waals surface area contributed by atoms with Crippen molar-refractivity contribution in [3.05, 3.63) is 78.9 Å². The second kappa shape index (κ2) is 9.26. The molecule has 0 bridgehead atoms. The zero-order valence-corrected chi connectivity index (χ0v) is 16.2. The van der Waals surface area contributed by atoms with Crippen LogP contribution in [0.5, 0.6) is 5.75 Å². The molecule has 4 rings (SSSR count). The number of hydrogen-bond donors (Lipinski definition) is 1. The first-order valence-corrected chi connectivity index (χ1v) is 9.79. The van der Waals surface area contributed by atoms with E-state index < -0.39 is 0 Å². The van der Waals surface area contributed by atoms with Crippen LogP contribution < -0.4 is 15.0 Å². The van der Waals surface area contributed by atoms with Crippen LogP contribution in [0, 0.1) is 0 Å². The predicted molar refractivity (Wildman–Crippen MR) is 115 cm³/mol. The molecular weight excluding hydrogens is 364 g/mol. The molecule has 1 saturated heterocycles. The highest BCUT2D eigenvalue weighted by atomic mass is 16.5. The quantitative estimate of drug-likeness (QED) is 0.687. The molecule has 0 aliphatic carbocycles. The summed E-state index contributed by atoms with van der Waals surface area (Å²) in [7, 11) is 0. The number of benzene rings is 3. The number of morpholine rings is 1. The van der Waals surface area contributed by atoms with Gasteiger partial charge in [0.25, 0.3) is 5.91 Å². The van der Waals surface area contributed by atoms with Gasteiger partial charge in [-0.05, 0) is 47.5 Å². The summed E-state index contributed by atoms with van der Waals surface area (Å²) in [6.45, 7) is 3.26. The number of carbonyl (C=O) groups excluding carboxylic acids is 1. The molecule has 148 valence electrons. The molecule has 0 aromatic heterocycles. The molecule has 5 nitrogen and oxygen atoms in total. The van der Waals surface area contributed by atoms with Gasteiger partial charge in [0.2, 0.25) is 0 Å². The maximum absolute atomic E-state index is 12.2. The molecule has 1 N–H and O–H groups in total. The Morgan fingerprint density at radius 2 is 1.52 bits per heavy atom. The van der Waals surface area contributed by atoms with Gasteiger partial charge < -0.3 is 19.7 Å². The van der Waals surface area contributed by atoms with Crippen LogP contribution in [-0.2, 0) is 9.53 Å². The van der Waals surface area contributed by atoms with Crippen LogP contribution in [0.15, 0.2) is 78.9 Å². The lowest BCUT2D eigenvalue weighted by atomic mass is 10.1. The van der Waals surface area contributed by atoms with Gasteiger partial charge in [0.05, 0.1) is 13.2 Å². The van der Waals surface area contributed by atoms with Crippen LogP contribution in [0.1, 0.15) is 0 Å². The van der Waals surface area contributed by atoms with Gasteiger partial charge in [-0.1, -0.05) is 42.5 Å². The molecule has 0 radical (unpaired) electrons. The molecule has 5 heteroatoms. The van der Waals surface area contributed by atoms with Crippen molar-refractivity contribution >= 4 is 17.3 Å². The second-order valence-corrected chi connectivity index (χ2v) is 6.87. The van der Waals surface area contributed by atoms with Gasteiger partial charge >= 0.3 is 0 Å².